The Morgan fingerprint density at radius 1 is 1.40 bits per heavy atom. The van der Waals surface area contributed by atoms with Gasteiger partial charge in [0.2, 0.25) is 0 Å². The summed E-state index contributed by atoms with van der Waals surface area (Å²) in [4.78, 5) is 4.09. The molecule has 1 aromatic heterocycles. The highest BCUT2D eigenvalue weighted by Crippen LogP contribution is 2.52. The van der Waals surface area contributed by atoms with E-state index in [1.54, 1.807) is 0 Å². The molecule has 3 rings (SSSR count). The summed E-state index contributed by atoms with van der Waals surface area (Å²) in [6.07, 6.45) is 17.6. The Balaban J connectivity index is 1.57. The molecule has 0 bridgehead atoms. The zero-order valence-corrected chi connectivity index (χ0v) is 9.10. The van der Waals surface area contributed by atoms with E-state index >= 15 is 0 Å². The topological polar surface area (TPSA) is 17.8 Å². The summed E-state index contributed by atoms with van der Waals surface area (Å²) in [7, 11) is 0. The lowest BCUT2D eigenvalue weighted by Gasteiger charge is -2.47. The van der Waals surface area contributed by atoms with Gasteiger partial charge < -0.3 is 4.57 Å². The summed E-state index contributed by atoms with van der Waals surface area (Å²) < 4.78 is 2.21. The highest BCUT2D eigenvalue weighted by molar-refractivity contribution is 5.10. The van der Waals surface area contributed by atoms with Crippen molar-refractivity contribution < 1.29 is 0 Å². The molecule has 0 aliphatic heterocycles. The predicted octanol–water partition coefficient (Wildman–Crippen LogP) is 3.02. The molecule has 1 saturated carbocycles. The van der Waals surface area contributed by atoms with E-state index in [1.165, 1.54) is 32.1 Å². The summed E-state index contributed by atoms with van der Waals surface area (Å²) in [6.45, 7) is 1.16. The maximum Gasteiger partial charge on any atom is 0.0945 e. The molecule has 2 nitrogen and oxygen atoms in total. The molecule has 0 aromatic carbocycles. The molecule has 2 heteroatoms. The molecule has 1 spiro atoms. The third kappa shape index (κ3) is 1.73. The molecule has 80 valence electrons. The van der Waals surface area contributed by atoms with Gasteiger partial charge in [0.25, 0.3) is 0 Å². The van der Waals surface area contributed by atoms with Gasteiger partial charge >= 0.3 is 0 Å². The molecule has 1 aromatic rings. The average molecular weight is 202 g/mol. The number of imidazole rings is 1. The number of hydrogen-bond acceptors (Lipinski definition) is 1. The highest BCUT2D eigenvalue weighted by Gasteiger charge is 2.42. The van der Waals surface area contributed by atoms with Crippen molar-refractivity contribution in [2.75, 3.05) is 0 Å². The van der Waals surface area contributed by atoms with Gasteiger partial charge in [0, 0.05) is 18.9 Å². The molecule has 0 N–H and O–H groups in total. The Morgan fingerprint density at radius 3 is 3.00 bits per heavy atom. The van der Waals surface area contributed by atoms with Gasteiger partial charge in [0.05, 0.1) is 6.33 Å². The molecule has 0 amide bonds. The van der Waals surface area contributed by atoms with E-state index in [4.69, 9.17) is 0 Å². The fraction of sp³-hybridized carbons (Fsp3) is 0.615. The van der Waals surface area contributed by atoms with Crippen LogP contribution in [0.1, 0.15) is 32.1 Å². The number of hydrogen-bond donors (Lipinski definition) is 0. The molecular weight excluding hydrogens is 184 g/mol. The van der Waals surface area contributed by atoms with E-state index < -0.39 is 0 Å². The fourth-order valence-corrected chi connectivity index (χ4v) is 3.24. The van der Waals surface area contributed by atoms with Crippen LogP contribution < -0.4 is 0 Å². The van der Waals surface area contributed by atoms with Crippen molar-refractivity contribution in [3.05, 3.63) is 30.9 Å². The van der Waals surface area contributed by atoms with Gasteiger partial charge in [-0.3, -0.25) is 0 Å². The van der Waals surface area contributed by atoms with Gasteiger partial charge in [-0.1, -0.05) is 12.2 Å². The van der Waals surface area contributed by atoms with Gasteiger partial charge in [-0.2, -0.15) is 0 Å². The van der Waals surface area contributed by atoms with Crippen LogP contribution in [0.2, 0.25) is 0 Å². The number of rotatable bonds is 2. The van der Waals surface area contributed by atoms with E-state index in [0.717, 1.165) is 12.5 Å². The molecule has 2 aliphatic carbocycles. The molecule has 2 aliphatic rings. The summed E-state index contributed by atoms with van der Waals surface area (Å²) in [5.74, 6) is 0.877. The lowest BCUT2D eigenvalue weighted by molar-refractivity contribution is 0.0772. The van der Waals surface area contributed by atoms with Gasteiger partial charge in [-0.05, 0) is 43.4 Å². The Labute approximate surface area is 91.0 Å². The minimum Gasteiger partial charge on any atom is -0.337 e. The summed E-state index contributed by atoms with van der Waals surface area (Å²) in [5, 5.41) is 0. The Hall–Kier alpha value is -1.05. The second-order valence-corrected chi connectivity index (χ2v) is 5.19. The monoisotopic (exact) mass is 202 g/mol. The van der Waals surface area contributed by atoms with Crippen molar-refractivity contribution in [1.29, 1.82) is 0 Å². The smallest absolute Gasteiger partial charge is 0.0945 e. The summed E-state index contributed by atoms with van der Waals surface area (Å²) in [6, 6.07) is 0. The molecule has 15 heavy (non-hydrogen) atoms. The second kappa shape index (κ2) is 3.51. The third-order valence-electron chi connectivity index (χ3n) is 3.94. The summed E-state index contributed by atoms with van der Waals surface area (Å²) >= 11 is 0. The van der Waals surface area contributed by atoms with Crippen LogP contribution in [0.3, 0.4) is 0 Å². The van der Waals surface area contributed by atoms with E-state index in [0.29, 0.717) is 5.41 Å². The van der Waals surface area contributed by atoms with Crippen LogP contribution >= 0.6 is 0 Å². The van der Waals surface area contributed by atoms with Gasteiger partial charge in [-0.15, -0.1) is 0 Å². The first-order valence-electron chi connectivity index (χ1n) is 6.00. The average Bonchev–Trinajstić information content (AvgIpc) is 2.70. The molecule has 1 heterocycles. The van der Waals surface area contributed by atoms with Crippen LogP contribution in [-0.2, 0) is 6.54 Å². The van der Waals surface area contributed by atoms with E-state index in [2.05, 4.69) is 27.9 Å². The van der Waals surface area contributed by atoms with Crippen molar-refractivity contribution in [3.8, 4) is 0 Å². The maximum absolute atomic E-state index is 4.09. The van der Waals surface area contributed by atoms with E-state index in [1.807, 2.05) is 12.5 Å². The molecule has 0 atom stereocenters. The van der Waals surface area contributed by atoms with Crippen LogP contribution in [0.25, 0.3) is 0 Å². The first-order chi connectivity index (χ1) is 7.36. The lowest BCUT2D eigenvalue weighted by atomic mass is 9.58. The van der Waals surface area contributed by atoms with Crippen molar-refractivity contribution in [1.82, 2.24) is 9.55 Å². The Kier molecular flexibility index (Phi) is 2.15. The zero-order valence-electron chi connectivity index (χ0n) is 9.10. The quantitative estimate of drug-likeness (QED) is 0.674. The largest absolute Gasteiger partial charge is 0.337 e. The number of allylic oxidation sites excluding steroid dienone is 2. The zero-order chi connectivity index (χ0) is 10.1. The van der Waals surface area contributed by atoms with Crippen molar-refractivity contribution in [2.45, 2.75) is 38.6 Å². The third-order valence-corrected chi connectivity index (χ3v) is 3.94. The van der Waals surface area contributed by atoms with Crippen LogP contribution in [0.4, 0.5) is 0 Å². The fourth-order valence-electron chi connectivity index (χ4n) is 3.24. The normalized spacial score (nSPS) is 34.3. The molecule has 0 saturated heterocycles. The van der Waals surface area contributed by atoms with E-state index in [-0.39, 0.29) is 0 Å². The number of aromatic nitrogens is 2. The summed E-state index contributed by atoms with van der Waals surface area (Å²) in [5.41, 5.74) is 0.601. The first kappa shape index (κ1) is 9.20. The van der Waals surface area contributed by atoms with Gasteiger partial charge in [0.1, 0.15) is 0 Å². The predicted molar refractivity (Wildman–Crippen MR) is 60.4 cm³/mol. The molecule has 1 fully saturated rings. The van der Waals surface area contributed by atoms with Crippen LogP contribution in [-0.4, -0.2) is 9.55 Å². The van der Waals surface area contributed by atoms with Crippen molar-refractivity contribution >= 4 is 0 Å². The van der Waals surface area contributed by atoms with Crippen LogP contribution in [0.5, 0.6) is 0 Å². The SMILES string of the molecule is C1=CC2(CCC1)CC(Cn1ccnc1)C2. The van der Waals surface area contributed by atoms with Gasteiger partial charge in [0.15, 0.2) is 0 Å². The van der Waals surface area contributed by atoms with E-state index in [9.17, 15) is 0 Å². The maximum atomic E-state index is 4.09. The Bertz CT molecular complexity index is 345. The van der Waals surface area contributed by atoms with Crippen LogP contribution in [0, 0.1) is 11.3 Å². The highest BCUT2D eigenvalue weighted by atomic mass is 15.0. The minimum atomic E-state index is 0.601. The van der Waals surface area contributed by atoms with Crippen molar-refractivity contribution in [3.63, 3.8) is 0 Å². The minimum absolute atomic E-state index is 0.601. The number of nitrogens with zero attached hydrogens (tertiary/aromatic N) is 2. The Morgan fingerprint density at radius 2 is 2.33 bits per heavy atom. The van der Waals surface area contributed by atoms with Crippen molar-refractivity contribution in [2.24, 2.45) is 11.3 Å². The van der Waals surface area contributed by atoms with Gasteiger partial charge in [-0.25, -0.2) is 4.98 Å². The standard InChI is InChI=1S/C13H18N2/c1-2-4-13(5-3-1)8-12(9-13)10-15-7-6-14-11-15/h2,4,6-7,11-12H,1,3,5,8-10H2. The first-order valence-corrected chi connectivity index (χ1v) is 6.00. The van der Waals surface area contributed by atoms with Crippen LogP contribution in [0.15, 0.2) is 30.9 Å². The lowest BCUT2D eigenvalue weighted by Crippen LogP contribution is -2.38. The second-order valence-electron chi connectivity index (χ2n) is 5.19. The molecular formula is C13H18N2. The molecule has 0 radical (unpaired) electrons. The molecule has 0 unspecified atom stereocenters.